The number of benzene rings is 1. The van der Waals surface area contributed by atoms with Crippen molar-refractivity contribution in [3.63, 3.8) is 0 Å². The molecule has 102 valence electrons. The summed E-state index contributed by atoms with van der Waals surface area (Å²) < 4.78 is 0. The average molecular weight is 257 g/mol. The van der Waals surface area contributed by atoms with E-state index in [0.717, 1.165) is 17.5 Å². The third-order valence-corrected chi connectivity index (χ3v) is 5.21. The smallest absolute Gasteiger partial charge is 0.224 e. The van der Waals surface area contributed by atoms with Crippen LogP contribution in [0.2, 0.25) is 0 Å². The van der Waals surface area contributed by atoms with Gasteiger partial charge in [-0.05, 0) is 68.1 Å². The zero-order valence-electron chi connectivity index (χ0n) is 11.9. The second kappa shape index (κ2) is 4.99. The molecule has 0 spiro atoms. The number of anilines is 1. The van der Waals surface area contributed by atoms with E-state index in [0.29, 0.717) is 12.3 Å². The van der Waals surface area contributed by atoms with Crippen molar-refractivity contribution < 1.29 is 4.79 Å². The Kier molecular flexibility index (Phi) is 3.34. The van der Waals surface area contributed by atoms with Crippen LogP contribution in [-0.2, 0) is 4.79 Å². The van der Waals surface area contributed by atoms with Crippen LogP contribution >= 0.6 is 0 Å². The summed E-state index contributed by atoms with van der Waals surface area (Å²) in [5.74, 6) is 2.59. The second-order valence-corrected chi connectivity index (χ2v) is 6.43. The van der Waals surface area contributed by atoms with Crippen LogP contribution in [0.1, 0.15) is 43.2 Å². The third kappa shape index (κ3) is 2.54. The predicted octanol–water partition coefficient (Wildman–Crippen LogP) is 4.07. The lowest BCUT2D eigenvalue weighted by molar-refractivity contribution is -0.117. The molecule has 2 aliphatic carbocycles. The first kappa shape index (κ1) is 12.7. The topological polar surface area (TPSA) is 29.1 Å². The first-order valence-corrected chi connectivity index (χ1v) is 7.49. The van der Waals surface area contributed by atoms with Gasteiger partial charge in [0.25, 0.3) is 0 Å². The second-order valence-electron chi connectivity index (χ2n) is 6.43. The summed E-state index contributed by atoms with van der Waals surface area (Å²) in [5.41, 5.74) is 3.40. The van der Waals surface area contributed by atoms with Gasteiger partial charge < -0.3 is 5.32 Å². The fourth-order valence-corrected chi connectivity index (χ4v) is 3.95. The predicted molar refractivity (Wildman–Crippen MR) is 78.1 cm³/mol. The van der Waals surface area contributed by atoms with E-state index in [-0.39, 0.29) is 5.91 Å². The molecule has 2 fully saturated rings. The molecule has 0 aromatic heterocycles. The number of carbonyl (C=O) groups is 1. The van der Waals surface area contributed by atoms with E-state index in [1.807, 2.05) is 12.1 Å². The van der Waals surface area contributed by atoms with Gasteiger partial charge in [0.15, 0.2) is 0 Å². The Hall–Kier alpha value is -1.31. The Morgan fingerprint density at radius 2 is 2.11 bits per heavy atom. The molecule has 1 aromatic carbocycles. The van der Waals surface area contributed by atoms with Gasteiger partial charge in [-0.15, -0.1) is 0 Å². The minimum Gasteiger partial charge on any atom is -0.326 e. The number of aryl methyl sites for hydroxylation is 1. The van der Waals surface area contributed by atoms with Gasteiger partial charge in [-0.2, -0.15) is 0 Å². The van der Waals surface area contributed by atoms with Crippen LogP contribution in [0.15, 0.2) is 18.2 Å². The Morgan fingerprint density at radius 3 is 2.79 bits per heavy atom. The van der Waals surface area contributed by atoms with E-state index >= 15 is 0 Å². The lowest BCUT2D eigenvalue weighted by Crippen LogP contribution is -2.20. The highest BCUT2D eigenvalue weighted by Gasteiger charge is 2.40. The summed E-state index contributed by atoms with van der Waals surface area (Å²) in [7, 11) is 0. The van der Waals surface area contributed by atoms with Crippen molar-refractivity contribution in [3.8, 4) is 0 Å². The summed E-state index contributed by atoms with van der Waals surface area (Å²) in [6.07, 6.45) is 6.13. The van der Waals surface area contributed by atoms with Gasteiger partial charge in [0.2, 0.25) is 5.91 Å². The SMILES string of the molecule is Cc1cccc(NC(=O)CC2CC3CCC2C3)c1C. The minimum absolute atomic E-state index is 0.200. The minimum atomic E-state index is 0.200. The van der Waals surface area contributed by atoms with E-state index in [1.54, 1.807) is 0 Å². The number of carbonyl (C=O) groups excluding carboxylic acids is 1. The van der Waals surface area contributed by atoms with E-state index in [2.05, 4.69) is 25.2 Å². The lowest BCUT2D eigenvalue weighted by atomic mass is 9.86. The molecule has 0 aliphatic heterocycles. The normalized spacial score (nSPS) is 28.6. The van der Waals surface area contributed by atoms with Gasteiger partial charge >= 0.3 is 0 Å². The maximum absolute atomic E-state index is 12.2. The molecule has 0 heterocycles. The molecule has 3 unspecified atom stereocenters. The zero-order valence-corrected chi connectivity index (χ0v) is 11.9. The standard InChI is InChI=1S/C17H23NO/c1-11-4-3-5-16(12(11)2)18-17(19)10-15-9-13-6-7-14(15)8-13/h3-5,13-15H,6-10H2,1-2H3,(H,18,19). The first-order valence-electron chi connectivity index (χ1n) is 7.49. The molecule has 1 N–H and O–H groups in total. The molecule has 2 nitrogen and oxygen atoms in total. The molecule has 1 amide bonds. The van der Waals surface area contributed by atoms with Gasteiger partial charge in [0, 0.05) is 12.1 Å². The molecule has 2 aliphatic rings. The van der Waals surface area contributed by atoms with Gasteiger partial charge in [0.05, 0.1) is 0 Å². The summed E-state index contributed by atoms with van der Waals surface area (Å²) in [6, 6.07) is 6.09. The number of rotatable bonds is 3. The number of hydrogen-bond acceptors (Lipinski definition) is 1. The summed E-state index contributed by atoms with van der Waals surface area (Å²) in [6.45, 7) is 4.16. The molecule has 19 heavy (non-hydrogen) atoms. The van der Waals surface area contributed by atoms with E-state index in [1.165, 1.54) is 36.8 Å². The quantitative estimate of drug-likeness (QED) is 0.869. The monoisotopic (exact) mass is 257 g/mol. The molecule has 2 bridgehead atoms. The van der Waals surface area contributed by atoms with Crippen LogP contribution in [0.3, 0.4) is 0 Å². The largest absolute Gasteiger partial charge is 0.326 e. The third-order valence-electron chi connectivity index (χ3n) is 5.21. The maximum atomic E-state index is 12.2. The van der Waals surface area contributed by atoms with Crippen molar-refractivity contribution in [3.05, 3.63) is 29.3 Å². The fraction of sp³-hybridized carbons (Fsp3) is 0.588. The summed E-state index contributed by atoms with van der Waals surface area (Å²) >= 11 is 0. The number of nitrogens with one attached hydrogen (secondary N) is 1. The molecule has 2 heteroatoms. The van der Waals surface area contributed by atoms with E-state index in [4.69, 9.17) is 0 Å². The first-order chi connectivity index (χ1) is 9.13. The van der Waals surface area contributed by atoms with Gasteiger partial charge in [-0.25, -0.2) is 0 Å². The van der Waals surface area contributed by atoms with Crippen LogP contribution < -0.4 is 5.32 Å². The fourth-order valence-electron chi connectivity index (χ4n) is 3.95. The highest BCUT2D eigenvalue weighted by Crippen LogP contribution is 2.49. The van der Waals surface area contributed by atoms with Crippen molar-refractivity contribution >= 4 is 11.6 Å². The van der Waals surface area contributed by atoms with Crippen molar-refractivity contribution in [2.24, 2.45) is 17.8 Å². The number of fused-ring (bicyclic) bond motifs is 2. The zero-order chi connectivity index (χ0) is 13.4. The highest BCUT2D eigenvalue weighted by molar-refractivity contribution is 5.91. The van der Waals surface area contributed by atoms with Crippen LogP contribution in [0.5, 0.6) is 0 Å². The lowest BCUT2D eigenvalue weighted by Gasteiger charge is -2.21. The van der Waals surface area contributed by atoms with Gasteiger partial charge in [0.1, 0.15) is 0 Å². The van der Waals surface area contributed by atoms with Crippen molar-refractivity contribution in [2.75, 3.05) is 5.32 Å². The summed E-state index contributed by atoms with van der Waals surface area (Å²) in [5, 5.41) is 3.10. The van der Waals surface area contributed by atoms with Crippen molar-refractivity contribution in [1.82, 2.24) is 0 Å². The summed E-state index contributed by atoms with van der Waals surface area (Å²) in [4.78, 5) is 12.2. The molecule has 2 saturated carbocycles. The molecule has 3 rings (SSSR count). The van der Waals surface area contributed by atoms with Crippen LogP contribution in [0.4, 0.5) is 5.69 Å². The average Bonchev–Trinajstić information content (AvgIpc) is 2.97. The number of hydrogen-bond donors (Lipinski definition) is 1. The van der Waals surface area contributed by atoms with Crippen LogP contribution in [0.25, 0.3) is 0 Å². The molecule has 1 aromatic rings. The Morgan fingerprint density at radius 1 is 1.26 bits per heavy atom. The molecule has 0 saturated heterocycles. The Balaban J connectivity index is 1.61. The molecular formula is C17H23NO. The van der Waals surface area contributed by atoms with Crippen LogP contribution in [0, 0.1) is 31.6 Å². The van der Waals surface area contributed by atoms with Gasteiger partial charge in [-0.3, -0.25) is 4.79 Å². The van der Waals surface area contributed by atoms with E-state index in [9.17, 15) is 4.79 Å². The Bertz CT molecular complexity index is 494. The van der Waals surface area contributed by atoms with Crippen molar-refractivity contribution in [2.45, 2.75) is 46.0 Å². The van der Waals surface area contributed by atoms with Crippen LogP contribution in [-0.4, -0.2) is 5.91 Å². The molecule has 3 atom stereocenters. The highest BCUT2D eigenvalue weighted by atomic mass is 16.1. The molecule has 0 radical (unpaired) electrons. The number of amides is 1. The Labute approximate surface area is 115 Å². The van der Waals surface area contributed by atoms with Crippen molar-refractivity contribution in [1.29, 1.82) is 0 Å². The van der Waals surface area contributed by atoms with Gasteiger partial charge in [-0.1, -0.05) is 18.6 Å². The molecular weight excluding hydrogens is 234 g/mol. The maximum Gasteiger partial charge on any atom is 0.224 e. The van der Waals surface area contributed by atoms with E-state index < -0.39 is 0 Å².